The Morgan fingerprint density at radius 3 is 2.42 bits per heavy atom. The summed E-state index contributed by atoms with van der Waals surface area (Å²) in [6.45, 7) is 3.25. The van der Waals surface area contributed by atoms with E-state index in [1.54, 1.807) is 4.31 Å². The van der Waals surface area contributed by atoms with Crippen molar-refractivity contribution in [3.63, 3.8) is 0 Å². The van der Waals surface area contributed by atoms with Gasteiger partial charge in [-0.15, -0.1) is 0 Å². The smallest absolute Gasteiger partial charge is 0.212 e. The van der Waals surface area contributed by atoms with E-state index in [0.29, 0.717) is 17.9 Å². The van der Waals surface area contributed by atoms with Crippen LogP contribution in [0.15, 0.2) is 30.3 Å². The van der Waals surface area contributed by atoms with E-state index < -0.39 is 10.0 Å². The summed E-state index contributed by atoms with van der Waals surface area (Å²) in [5.74, 6) is 0.233. The molecule has 1 aliphatic rings. The fourth-order valence-electron chi connectivity index (χ4n) is 2.40. The summed E-state index contributed by atoms with van der Waals surface area (Å²) in [5, 5.41) is 0. The fourth-order valence-corrected chi connectivity index (χ4v) is 4.61. The van der Waals surface area contributed by atoms with Crippen molar-refractivity contribution in [2.45, 2.75) is 30.5 Å². The standard InChI is InChI=1S/C14H20BrNO2S/c1-12(13-5-3-2-4-6-13)11-19(17,18)16-9-7-14(15)8-10-16/h2-6,12,14H,7-11H2,1H3. The molecule has 1 aromatic rings. The Hall–Kier alpha value is -0.390. The number of halogens is 1. The SMILES string of the molecule is CC(CS(=O)(=O)N1CCC(Br)CC1)c1ccccc1. The number of sulfonamides is 1. The summed E-state index contributed by atoms with van der Waals surface area (Å²) in [6.07, 6.45) is 1.80. The minimum Gasteiger partial charge on any atom is -0.212 e. The highest BCUT2D eigenvalue weighted by molar-refractivity contribution is 9.09. The molecule has 0 amide bonds. The molecule has 19 heavy (non-hydrogen) atoms. The van der Waals surface area contributed by atoms with Crippen LogP contribution in [0.1, 0.15) is 31.2 Å². The van der Waals surface area contributed by atoms with Crippen LogP contribution in [0.3, 0.4) is 0 Å². The highest BCUT2D eigenvalue weighted by atomic mass is 79.9. The van der Waals surface area contributed by atoms with Crippen LogP contribution in [0.25, 0.3) is 0 Å². The number of nitrogens with zero attached hydrogens (tertiary/aromatic N) is 1. The Morgan fingerprint density at radius 1 is 1.26 bits per heavy atom. The van der Waals surface area contributed by atoms with Crippen LogP contribution in [-0.4, -0.2) is 36.4 Å². The molecule has 3 nitrogen and oxygen atoms in total. The zero-order chi connectivity index (χ0) is 13.9. The molecule has 106 valence electrons. The second kappa shape index (κ2) is 6.37. The van der Waals surface area contributed by atoms with Gasteiger partial charge in [0.2, 0.25) is 10.0 Å². The van der Waals surface area contributed by atoms with Crippen molar-refractivity contribution in [1.29, 1.82) is 0 Å². The highest BCUT2D eigenvalue weighted by Gasteiger charge is 2.28. The summed E-state index contributed by atoms with van der Waals surface area (Å²) in [4.78, 5) is 0.463. The predicted molar refractivity (Wildman–Crippen MR) is 82.2 cm³/mol. The van der Waals surface area contributed by atoms with Crippen molar-refractivity contribution >= 4 is 26.0 Å². The maximum Gasteiger partial charge on any atom is 0.214 e. The second-order valence-corrected chi connectivity index (χ2v) is 8.47. The zero-order valence-electron chi connectivity index (χ0n) is 11.1. The van der Waals surface area contributed by atoms with Crippen LogP contribution in [0.4, 0.5) is 0 Å². The van der Waals surface area contributed by atoms with Crippen LogP contribution in [0.2, 0.25) is 0 Å². The quantitative estimate of drug-likeness (QED) is 0.786. The second-order valence-electron chi connectivity index (χ2n) is 5.16. The van der Waals surface area contributed by atoms with Crippen LogP contribution >= 0.6 is 15.9 Å². The van der Waals surface area contributed by atoms with Gasteiger partial charge < -0.3 is 0 Å². The van der Waals surface area contributed by atoms with Crippen molar-refractivity contribution in [1.82, 2.24) is 4.31 Å². The lowest BCUT2D eigenvalue weighted by atomic mass is 10.0. The molecule has 1 aliphatic heterocycles. The molecule has 1 aromatic carbocycles. The first-order valence-corrected chi connectivity index (χ1v) is 9.18. The third-order valence-corrected chi connectivity index (χ3v) is 6.59. The lowest BCUT2D eigenvalue weighted by molar-refractivity contribution is 0.353. The van der Waals surface area contributed by atoms with Gasteiger partial charge in [0.05, 0.1) is 5.75 Å². The topological polar surface area (TPSA) is 37.4 Å². The van der Waals surface area contributed by atoms with E-state index in [-0.39, 0.29) is 11.7 Å². The molecule has 1 atom stereocenters. The molecule has 1 unspecified atom stereocenters. The Kier molecular flexibility index (Phi) is 5.03. The normalized spacial score (nSPS) is 20.3. The average molecular weight is 346 g/mol. The van der Waals surface area contributed by atoms with Gasteiger partial charge in [0.25, 0.3) is 0 Å². The third-order valence-electron chi connectivity index (χ3n) is 3.61. The number of rotatable bonds is 4. The van der Waals surface area contributed by atoms with Gasteiger partial charge in [0.1, 0.15) is 0 Å². The Morgan fingerprint density at radius 2 is 1.84 bits per heavy atom. The van der Waals surface area contributed by atoms with E-state index in [1.807, 2.05) is 37.3 Å². The number of alkyl halides is 1. The molecule has 0 bridgehead atoms. The number of benzene rings is 1. The molecule has 1 heterocycles. The molecule has 5 heteroatoms. The maximum absolute atomic E-state index is 12.4. The van der Waals surface area contributed by atoms with Crippen molar-refractivity contribution in [2.24, 2.45) is 0 Å². The predicted octanol–water partition coefficient (Wildman–Crippen LogP) is 2.98. The zero-order valence-corrected chi connectivity index (χ0v) is 13.5. The van der Waals surface area contributed by atoms with Gasteiger partial charge in [-0.3, -0.25) is 0 Å². The van der Waals surface area contributed by atoms with E-state index in [0.717, 1.165) is 18.4 Å². The van der Waals surface area contributed by atoms with Crippen LogP contribution in [0, 0.1) is 0 Å². The highest BCUT2D eigenvalue weighted by Crippen LogP contribution is 2.23. The monoisotopic (exact) mass is 345 g/mol. The number of piperidine rings is 1. The van der Waals surface area contributed by atoms with Crippen molar-refractivity contribution in [3.8, 4) is 0 Å². The molecule has 1 fully saturated rings. The van der Waals surface area contributed by atoms with Gasteiger partial charge in [-0.25, -0.2) is 12.7 Å². The van der Waals surface area contributed by atoms with Crippen LogP contribution in [-0.2, 0) is 10.0 Å². The van der Waals surface area contributed by atoms with Gasteiger partial charge in [0, 0.05) is 17.9 Å². The molecule has 0 radical (unpaired) electrons. The van der Waals surface area contributed by atoms with E-state index in [1.165, 1.54) is 0 Å². The van der Waals surface area contributed by atoms with E-state index >= 15 is 0 Å². The molecule has 0 aliphatic carbocycles. The minimum atomic E-state index is -3.14. The molecule has 0 saturated carbocycles. The number of hydrogen-bond donors (Lipinski definition) is 0. The minimum absolute atomic E-state index is 0.0351. The molecule has 2 rings (SSSR count). The summed E-state index contributed by atoms with van der Waals surface area (Å²) in [5.41, 5.74) is 1.08. The summed E-state index contributed by atoms with van der Waals surface area (Å²) < 4.78 is 26.4. The van der Waals surface area contributed by atoms with Crippen LogP contribution < -0.4 is 0 Å². The Bertz CT molecular complexity index is 495. The molecular formula is C14H20BrNO2S. The van der Waals surface area contributed by atoms with Crippen LogP contribution in [0.5, 0.6) is 0 Å². The molecule has 1 saturated heterocycles. The summed E-state index contributed by atoms with van der Waals surface area (Å²) in [7, 11) is -3.14. The number of hydrogen-bond acceptors (Lipinski definition) is 2. The van der Waals surface area contributed by atoms with Gasteiger partial charge in [-0.1, -0.05) is 53.2 Å². The molecule has 0 spiro atoms. The lowest BCUT2D eigenvalue weighted by Crippen LogP contribution is -2.40. The summed E-state index contributed by atoms with van der Waals surface area (Å²) >= 11 is 3.55. The maximum atomic E-state index is 12.4. The lowest BCUT2D eigenvalue weighted by Gasteiger charge is -2.29. The van der Waals surface area contributed by atoms with Crippen molar-refractivity contribution in [3.05, 3.63) is 35.9 Å². The van der Waals surface area contributed by atoms with Gasteiger partial charge in [-0.2, -0.15) is 0 Å². The van der Waals surface area contributed by atoms with E-state index in [2.05, 4.69) is 15.9 Å². The van der Waals surface area contributed by atoms with Crippen molar-refractivity contribution < 1.29 is 8.42 Å². The van der Waals surface area contributed by atoms with E-state index in [9.17, 15) is 8.42 Å². The third kappa shape index (κ3) is 4.04. The van der Waals surface area contributed by atoms with Gasteiger partial charge >= 0.3 is 0 Å². The fraction of sp³-hybridized carbons (Fsp3) is 0.571. The van der Waals surface area contributed by atoms with Crippen molar-refractivity contribution in [2.75, 3.05) is 18.8 Å². The first kappa shape index (κ1) is 15.0. The van der Waals surface area contributed by atoms with Gasteiger partial charge in [-0.05, 0) is 24.3 Å². The first-order valence-electron chi connectivity index (χ1n) is 6.66. The first-order chi connectivity index (χ1) is 8.99. The molecule has 0 N–H and O–H groups in total. The summed E-state index contributed by atoms with van der Waals surface area (Å²) in [6, 6.07) is 9.84. The molecule has 0 aromatic heterocycles. The molecular weight excluding hydrogens is 326 g/mol. The Balaban J connectivity index is 2.01. The van der Waals surface area contributed by atoms with E-state index in [4.69, 9.17) is 0 Å². The average Bonchev–Trinajstić information content (AvgIpc) is 2.40. The Labute approximate surface area is 124 Å². The van der Waals surface area contributed by atoms with Gasteiger partial charge in [0.15, 0.2) is 0 Å². The largest absolute Gasteiger partial charge is 0.214 e.